The molecule has 4 atom stereocenters. The van der Waals surface area contributed by atoms with Gasteiger partial charge in [-0.1, -0.05) is 18.6 Å². The summed E-state index contributed by atoms with van der Waals surface area (Å²) in [7, 11) is 3.08. The van der Waals surface area contributed by atoms with Gasteiger partial charge >= 0.3 is 0 Å². The van der Waals surface area contributed by atoms with Crippen molar-refractivity contribution < 1.29 is 29.3 Å². The molecule has 0 spiro atoms. The van der Waals surface area contributed by atoms with Crippen LogP contribution in [-0.2, 0) is 14.3 Å². The van der Waals surface area contributed by atoms with E-state index in [-0.39, 0.29) is 48.0 Å². The third-order valence-corrected chi connectivity index (χ3v) is 8.06. The van der Waals surface area contributed by atoms with E-state index in [4.69, 9.17) is 9.47 Å². The number of imide groups is 1. The summed E-state index contributed by atoms with van der Waals surface area (Å²) in [6.45, 7) is 2.41. The first kappa shape index (κ1) is 24.2. The normalized spacial score (nSPS) is 27.3. The van der Waals surface area contributed by atoms with E-state index in [0.29, 0.717) is 18.8 Å². The third-order valence-electron chi connectivity index (χ3n) is 7.24. The molecule has 2 N–H and O–H groups in total. The van der Waals surface area contributed by atoms with Crippen LogP contribution in [0.3, 0.4) is 0 Å². The zero-order valence-corrected chi connectivity index (χ0v) is 21.3. The van der Waals surface area contributed by atoms with Gasteiger partial charge in [0, 0.05) is 13.0 Å². The molecular formula is C25H30INO6. The molecule has 0 unspecified atom stereocenters. The number of aliphatic hydroxyl groups excluding tert-OH is 1. The SMILES string of the molecule is CC/C(=C\c1cc(I)c(O)c(OC)c1)CC[C@H]1OC[C@H]2C1=C(CO)C[C@H]1C(=O)N(C)C(=O)[C@H]12. The standard InChI is InChI=1S/C25H30INO6/c1-4-13(7-14-8-18(26)23(29)20(9-14)32-3)5-6-19-21-15(11-28)10-16-22(17(21)12-33-19)25(31)27(2)24(16)30/h7-9,16-17,19,22,28-29H,4-6,10-12H2,1-3H3/b13-7+/t16-,17+,19-,22-/m1/s1. The Morgan fingerprint density at radius 1 is 1.30 bits per heavy atom. The van der Waals surface area contributed by atoms with Crippen molar-refractivity contribution in [1.82, 2.24) is 4.90 Å². The van der Waals surface area contributed by atoms with Crippen LogP contribution in [0.1, 0.15) is 38.2 Å². The zero-order valence-electron chi connectivity index (χ0n) is 19.1. The Balaban J connectivity index is 1.53. The number of methoxy groups -OCH3 is 1. The van der Waals surface area contributed by atoms with Crippen molar-refractivity contribution in [3.8, 4) is 11.5 Å². The molecule has 1 aromatic rings. The number of fused-ring (bicyclic) bond motifs is 3. The summed E-state index contributed by atoms with van der Waals surface area (Å²) in [5.74, 6) is -0.560. The van der Waals surface area contributed by atoms with Crippen molar-refractivity contribution in [2.45, 2.75) is 38.7 Å². The first-order chi connectivity index (χ1) is 15.8. The molecule has 3 aliphatic rings. The van der Waals surface area contributed by atoms with Gasteiger partial charge in [-0.25, -0.2) is 0 Å². The highest BCUT2D eigenvalue weighted by Gasteiger charge is 2.55. The summed E-state index contributed by atoms with van der Waals surface area (Å²) in [5, 5.41) is 20.1. The molecule has 4 rings (SSSR count). The lowest BCUT2D eigenvalue weighted by atomic mass is 9.69. The molecule has 178 valence electrons. The maximum Gasteiger partial charge on any atom is 0.233 e. The van der Waals surface area contributed by atoms with Crippen LogP contribution in [0.5, 0.6) is 11.5 Å². The number of likely N-dealkylation sites (tertiary alicyclic amines) is 1. The van der Waals surface area contributed by atoms with Gasteiger partial charge in [-0.3, -0.25) is 14.5 Å². The molecule has 1 aliphatic carbocycles. The number of aliphatic hydroxyl groups is 1. The summed E-state index contributed by atoms with van der Waals surface area (Å²) >= 11 is 2.09. The molecule has 2 fully saturated rings. The summed E-state index contributed by atoms with van der Waals surface area (Å²) in [6.07, 6.45) is 4.81. The second kappa shape index (κ2) is 9.76. The Bertz CT molecular complexity index is 1030. The minimum Gasteiger partial charge on any atom is -0.504 e. The average Bonchev–Trinajstić information content (AvgIpc) is 3.33. The third kappa shape index (κ3) is 4.33. The van der Waals surface area contributed by atoms with Crippen LogP contribution in [0.25, 0.3) is 6.08 Å². The zero-order chi connectivity index (χ0) is 23.9. The Morgan fingerprint density at radius 3 is 2.73 bits per heavy atom. The molecule has 1 aromatic carbocycles. The smallest absolute Gasteiger partial charge is 0.233 e. The van der Waals surface area contributed by atoms with Gasteiger partial charge in [0.2, 0.25) is 11.8 Å². The lowest BCUT2D eigenvalue weighted by molar-refractivity contribution is -0.138. The number of hydrogen-bond donors (Lipinski definition) is 2. The first-order valence-corrected chi connectivity index (χ1v) is 12.4. The quantitative estimate of drug-likeness (QED) is 0.298. The van der Waals surface area contributed by atoms with Gasteiger partial charge in [-0.2, -0.15) is 0 Å². The molecule has 2 saturated heterocycles. The van der Waals surface area contributed by atoms with E-state index < -0.39 is 0 Å². The predicted octanol–water partition coefficient (Wildman–Crippen LogP) is 3.52. The number of carbonyl (C=O) groups is 2. The minimum atomic E-state index is -0.376. The van der Waals surface area contributed by atoms with E-state index in [9.17, 15) is 19.8 Å². The van der Waals surface area contributed by atoms with E-state index >= 15 is 0 Å². The number of benzene rings is 1. The number of halogens is 1. The number of allylic oxidation sites excluding steroid dienone is 1. The Kier molecular flexibility index (Phi) is 7.16. The minimum absolute atomic E-state index is 0.109. The first-order valence-electron chi connectivity index (χ1n) is 11.3. The van der Waals surface area contributed by atoms with Crippen LogP contribution in [0, 0.1) is 21.3 Å². The van der Waals surface area contributed by atoms with Crippen LogP contribution in [0.2, 0.25) is 0 Å². The van der Waals surface area contributed by atoms with Crippen molar-refractivity contribution in [3.05, 3.63) is 38.0 Å². The number of amides is 2. The largest absolute Gasteiger partial charge is 0.504 e. The Hall–Kier alpha value is -1.91. The van der Waals surface area contributed by atoms with E-state index in [0.717, 1.165) is 39.5 Å². The van der Waals surface area contributed by atoms with Crippen LogP contribution in [0.4, 0.5) is 0 Å². The molecule has 8 heteroatoms. The summed E-state index contributed by atoms with van der Waals surface area (Å²) in [4.78, 5) is 26.5. The van der Waals surface area contributed by atoms with Gasteiger partial charge in [-0.15, -0.1) is 0 Å². The highest BCUT2D eigenvalue weighted by atomic mass is 127. The molecule has 7 nitrogen and oxygen atoms in total. The highest BCUT2D eigenvalue weighted by Crippen LogP contribution is 2.49. The van der Waals surface area contributed by atoms with Crippen molar-refractivity contribution in [3.63, 3.8) is 0 Å². The molecule has 0 saturated carbocycles. The fourth-order valence-corrected chi connectivity index (χ4v) is 6.14. The van der Waals surface area contributed by atoms with E-state index in [1.807, 2.05) is 12.1 Å². The second-order valence-corrected chi connectivity index (χ2v) is 10.1. The predicted molar refractivity (Wildman–Crippen MR) is 132 cm³/mol. The second-order valence-electron chi connectivity index (χ2n) is 8.97. The van der Waals surface area contributed by atoms with Gasteiger partial charge in [0.25, 0.3) is 0 Å². The number of carbonyl (C=O) groups excluding carboxylic acids is 2. The Labute approximate surface area is 207 Å². The fourth-order valence-electron chi connectivity index (χ4n) is 5.51. The van der Waals surface area contributed by atoms with Gasteiger partial charge in [-0.05, 0) is 77.1 Å². The van der Waals surface area contributed by atoms with Crippen molar-refractivity contribution in [2.24, 2.45) is 17.8 Å². The number of hydrogen-bond acceptors (Lipinski definition) is 6. The van der Waals surface area contributed by atoms with Crippen LogP contribution in [0.15, 0.2) is 28.9 Å². The van der Waals surface area contributed by atoms with Gasteiger partial charge in [0.05, 0.1) is 41.8 Å². The molecule has 2 aliphatic heterocycles. The van der Waals surface area contributed by atoms with Crippen LogP contribution in [-0.4, -0.2) is 60.4 Å². The van der Waals surface area contributed by atoms with Gasteiger partial charge in [0.15, 0.2) is 11.5 Å². The molecule has 33 heavy (non-hydrogen) atoms. The maximum atomic E-state index is 12.7. The Morgan fingerprint density at radius 2 is 2.06 bits per heavy atom. The molecule has 0 bridgehead atoms. The topological polar surface area (TPSA) is 96.3 Å². The number of phenolic OH excluding ortho intramolecular Hbond substituents is 1. The maximum absolute atomic E-state index is 12.7. The van der Waals surface area contributed by atoms with Crippen LogP contribution < -0.4 is 4.74 Å². The summed E-state index contributed by atoms with van der Waals surface area (Å²) in [6, 6.07) is 3.74. The highest BCUT2D eigenvalue weighted by molar-refractivity contribution is 14.1. The number of nitrogens with zero attached hydrogens (tertiary/aromatic N) is 1. The van der Waals surface area contributed by atoms with Crippen molar-refractivity contribution >= 4 is 40.5 Å². The molecule has 0 radical (unpaired) electrons. The molecule has 2 heterocycles. The van der Waals surface area contributed by atoms with Crippen LogP contribution >= 0.6 is 22.6 Å². The van der Waals surface area contributed by atoms with Gasteiger partial charge < -0.3 is 19.7 Å². The number of phenols is 1. The monoisotopic (exact) mass is 567 g/mol. The van der Waals surface area contributed by atoms with Crippen molar-refractivity contribution in [2.75, 3.05) is 27.4 Å². The average molecular weight is 567 g/mol. The van der Waals surface area contributed by atoms with E-state index in [2.05, 4.69) is 35.6 Å². The molecular weight excluding hydrogens is 537 g/mol. The fraction of sp³-hybridized carbons (Fsp3) is 0.520. The van der Waals surface area contributed by atoms with Crippen molar-refractivity contribution in [1.29, 1.82) is 0 Å². The van der Waals surface area contributed by atoms with E-state index in [1.165, 1.54) is 17.6 Å². The number of ether oxygens (including phenoxy) is 2. The van der Waals surface area contributed by atoms with E-state index in [1.54, 1.807) is 7.05 Å². The lowest BCUT2D eigenvalue weighted by Crippen LogP contribution is -2.34. The molecule has 0 aromatic heterocycles. The molecule has 2 amide bonds. The summed E-state index contributed by atoms with van der Waals surface area (Å²) in [5.41, 5.74) is 4.09. The lowest BCUT2D eigenvalue weighted by Gasteiger charge is -2.31. The number of rotatable bonds is 7. The summed E-state index contributed by atoms with van der Waals surface area (Å²) < 4.78 is 12.1. The number of aromatic hydroxyl groups is 1. The van der Waals surface area contributed by atoms with Gasteiger partial charge in [0.1, 0.15) is 0 Å².